The van der Waals surface area contributed by atoms with E-state index in [2.05, 4.69) is 45.1 Å². The first-order valence-electron chi connectivity index (χ1n) is 7.60. The molecule has 0 aromatic heterocycles. The molecule has 0 bridgehead atoms. The zero-order chi connectivity index (χ0) is 15.4. The summed E-state index contributed by atoms with van der Waals surface area (Å²) in [6.45, 7) is 10.1. The quantitative estimate of drug-likeness (QED) is 0.769. The Morgan fingerprint density at radius 1 is 0.905 bits per heavy atom. The molecule has 0 atom stereocenters. The highest BCUT2D eigenvalue weighted by Gasteiger charge is 2.10. The van der Waals surface area contributed by atoms with Gasteiger partial charge in [0.25, 0.3) is 0 Å². The molecule has 0 aliphatic rings. The second-order valence-corrected chi connectivity index (χ2v) is 5.73. The van der Waals surface area contributed by atoms with Crippen LogP contribution >= 0.6 is 0 Å². The van der Waals surface area contributed by atoms with Crippen LogP contribution in [0.15, 0.2) is 30.3 Å². The van der Waals surface area contributed by atoms with Crippen LogP contribution in [0.25, 0.3) is 11.1 Å². The smallest absolute Gasteiger partial charge is 0.123 e. The molecule has 1 N–H and O–H groups in total. The van der Waals surface area contributed by atoms with Crippen molar-refractivity contribution in [2.75, 3.05) is 6.54 Å². The van der Waals surface area contributed by atoms with E-state index in [1.54, 1.807) is 12.1 Å². The minimum absolute atomic E-state index is 0.173. The van der Waals surface area contributed by atoms with Crippen molar-refractivity contribution >= 4 is 0 Å². The molecule has 0 aliphatic carbocycles. The summed E-state index contributed by atoms with van der Waals surface area (Å²) in [4.78, 5) is 0. The largest absolute Gasteiger partial charge is 0.313 e. The molecular weight excluding hydrogens is 261 g/mol. The first-order valence-corrected chi connectivity index (χ1v) is 7.60. The molecule has 2 aromatic carbocycles. The van der Waals surface area contributed by atoms with Crippen molar-refractivity contribution in [1.82, 2.24) is 5.32 Å². The number of benzene rings is 2. The Labute approximate surface area is 127 Å². The highest BCUT2D eigenvalue weighted by atomic mass is 19.1. The molecule has 112 valence electrons. The highest BCUT2D eigenvalue weighted by molar-refractivity contribution is 5.72. The second-order valence-electron chi connectivity index (χ2n) is 5.73. The molecule has 0 spiro atoms. The lowest BCUT2D eigenvalue weighted by atomic mass is 9.92. The third-order valence-corrected chi connectivity index (χ3v) is 3.94. The summed E-state index contributed by atoms with van der Waals surface area (Å²) in [5, 5.41) is 3.37. The molecule has 0 heterocycles. The summed E-state index contributed by atoms with van der Waals surface area (Å²) >= 11 is 0. The Hall–Kier alpha value is -1.67. The Kier molecular flexibility index (Phi) is 5.13. The van der Waals surface area contributed by atoms with Gasteiger partial charge in [-0.15, -0.1) is 0 Å². The maximum absolute atomic E-state index is 13.6. The van der Waals surface area contributed by atoms with E-state index in [-0.39, 0.29) is 5.82 Å². The molecule has 0 saturated heterocycles. The summed E-state index contributed by atoms with van der Waals surface area (Å²) in [5.41, 5.74) is 7.15. The highest BCUT2D eigenvalue weighted by Crippen LogP contribution is 2.29. The van der Waals surface area contributed by atoms with Gasteiger partial charge in [0.05, 0.1) is 0 Å². The molecule has 1 nitrogen and oxygen atoms in total. The molecule has 0 unspecified atom stereocenters. The fourth-order valence-corrected chi connectivity index (χ4v) is 2.62. The third-order valence-electron chi connectivity index (χ3n) is 3.94. The minimum atomic E-state index is -0.173. The lowest BCUT2D eigenvalue weighted by molar-refractivity contribution is 0.619. The molecule has 2 rings (SSSR count). The van der Waals surface area contributed by atoms with E-state index in [1.807, 2.05) is 6.07 Å². The Morgan fingerprint density at radius 2 is 1.62 bits per heavy atom. The van der Waals surface area contributed by atoms with E-state index < -0.39 is 0 Å². The molecule has 0 aliphatic heterocycles. The van der Waals surface area contributed by atoms with Crippen molar-refractivity contribution in [3.05, 3.63) is 58.4 Å². The van der Waals surface area contributed by atoms with E-state index in [9.17, 15) is 4.39 Å². The van der Waals surface area contributed by atoms with Crippen LogP contribution in [0.2, 0.25) is 0 Å². The van der Waals surface area contributed by atoms with Crippen LogP contribution in [-0.4, -0.2) is 6.54 Å². The van der Waals surface area contributed by atoms with Gasteiger partial charge in [0, 0.05) is 6.54 Å². The van der Waals surface area contributed by atoms with E-state index in [4.69, 9.17) is 0 Å². The molecule has 0 amide bonds. The van der Waals surface area contributed by atoms with Crippen molar-refractivity contribution in [3.8, 4) is 11.1 Å². The third kappa shape index (κ3) is 3.70. The monoisotopic (exact) mass is 285 g/mol. The first kappa shape index (κ1) is 15.7. The normalized spacial score (nSPS) is 10.9. The van der Waals surface area contributed by atoms with Crippen LogP contribution in [0.3, 0.4) is 0 Å². The van der Waals surface area contributed by atoms with E-state index in [0.717, 1.165) is 24.1 Å². The van der Waals surface area contributed by atoms with Gasteiger partial charge in [-0.3, -0.25) is 0 Å². The van der Waals surface area contributed by atoms with Gasteiger partial charge < -0.3 is 5.32 Å². The van der Waals surface area contributed by atoms with Gasteiger partial charge in [0.2, 0.25) is 0 Å². The van der Waals surface area contributed by atoms with E-state index in [1.165, 1.54) is 22.3 Å². The van der Waals surface area contributed by atoms with Crippen LogP contribution in [0, 0.1) is 26.6 Å². The predicted molar refractivity (Wildman–Crippen MR) is 88.0 cm³/mol. The summed E-state index contributed by atoms with van der Waals surface area (Å²) in [5.74, 6) is -0.173. The van der Waals surface area contributed by atoms with Gasteiger partial charge in [-0.1, -0.05) is 25.1 Å². The summed E-state index contributed by atoms with van der Waals surface area (Å²) in [6, 6.07) is 9.51. The van der Waals surface area contributed by atoms with E-state index in [0.29, 0.717) is 6.54 Å². The first-order chi connectivity index (χ1) is 10.0. The number of aryl methyl sites for hydroxylation is 3. The Morgan fingerprint density at radius 3 is 2.33 bits per heavy atom. The van der Waals surface area contributed by atoms with Crippen LogP contribution in [0.5, 0.6) is 0 Å². The number of nitrogens with one attached hydrogen (secondary N) is 1. The topological polar surface area (TPSA) is 12.0 Å². The van der Waals surface area contributed by atoms with Crippen molar-refractivity contribution < 1.29 is 4.39 Å². The van der Waals surface area contributed by atoms with Crippen molar-refractivity contribution in [3.63, 3.8) is 0 Å². The zero-order valence-corrected chi connectivity index (χ0v) is 13.4. The van der Waals surface area contributed by atoms with Crippen LogP contribution in [0.1, 0.15) is 35.6 Å². The summed E-state index contributed by atoms with van der Waals surface area (Å²) < 4.78 is 13.6. The summed E-state index contributed by atoms with van der Waals surface area (Å²) in [7, 11) is 0. The maximum Gasteiger partial charge on any atom is 0.123 e. The molecule has 0 fully saturated rings. The minimum Gasteiger partial charge on any atom is -0.313 e. The standard InChI is InChI=1S/C19H24FN/c1-5-8-21-12-16-11-17(20)6-7-18(16)19-10-14(3)13(2)9-15(19)4/h6-7,9-11,21H,5,8,12H2,1-4H3. The van der Waals surface area contributed by atoms with Gasteiger partial charge >= 0.3 is 0 Å². The summed E-state index contributed by atoms with van der Waals surface area (Å²) in [6.07, 6.45) is 1.08. The second kappa shape index (κ2) is 6.86. The number of halogens is 1. The zero-order valence-electron chi connectivity index (χ0n) is 13.4. The lowest BCUT2D eigenvalue weighted by Crippen LogP contribution is -2.14. The average molecular weight is 285 g/mol. The molecule has 21 heavy (non-hydrogen) atoms. The number of rotatable bonds is 5. The molecule has 0 radical (unpaired) electrons. The van der Waals surface area contributed by atoms with Gasteiger partial charge in [-0.25, -0.2) is 4.39 Å². The van der Waals surface area contributed by atoms with Gasteiger partial charge in [0.1, 0.15) is 5.82 Å². The van der Waals surface area contributed by atoms with Crippen LogP contribution < -0.4 is 5.32 Å². The SMILES string of the molecule is CCCNCc1cc(F)ccc1-c1cc(C)c(C)cc1C. The van der Waals surface area contributed by atoms with Crippen molar-refractivity contribution in [2.24, 2.45) is 0 Å². The van der Waals surface area contributed by atoms with Crippen molar-refractivity contribution in [1.29, 1.82) is 0 Å². The number of hydrogen-bond donors (Lipinski definition) is 1. The van der Waals surface area contributed by atoms with Crippen LogP contribution in [0.4, 0.5) is 4.39 Å². The molecule has 2 heteroatoms. The van der Waals surface area contributed by atoms with Crippen molar-refractivity contribution in [2.45, 2.75) is 40.7 Å². The lowest BCUT2D eigenvalue weighted by Gasteiger charge is -2.15. The van der Waals surface area contributed by atoms with Gasteiger partial charge in [-0.2, -0.15) is 0 Å². The van der Waals surface area contributed by atoms with Gasteiger partial charge in [0.15, 0.2) is 0 Å². The number of hydrogen-bond acceptors (Lipinski definition) is 1. The fraction of sp³-hybridized carbons (Fsp3) is 0.368. The average Bonchev–Trinajstić information content (AvgIpc) is 2.44. The Bertz CT molecular complexity index is 632. The molecule has 0 saturated carbocycles. The predicted octanol–water partition coefficient (Wildman–Crippen LogP) is 4.92. The van der Waals surface area contributed by atoms with Crippen LogP contribution in [-0.2, 0) is 6.54 Å². The fourth-order valence-electron chi connectivity index (χ4n) is 2.62. The molecular formula is C19H24FN. The Balaban J connectivity index is 2.45. The van der Waals surface area contributed by atoms with E-state index >= 15 is 0 Å². The maximum atomic E-state index is 13.6. The van der Waals surface area contributed by atoms with Gasteiger partial charge in [-0.05, 0) is 79.3 Å². The molecule has 2 aromatic rings.